The van der Waals surface area contributed by atoms with E-state index in [4.69, 9.17) is 4.42 Å². The minimum Gasteiger partial charge on any atom is -0.444 e. The Kier molecular flexibility index (Phi) is 4.72. The summed E-state index contributed by atoms with van der Waals surface area (Å²) in [6, 6.07) is 9.12. The van der Waals surface area contributed by atoms with E-state index in [1.807, 2.05) is 39.0 Å². The highest BCUT2D eigenvalue weighted by molar-refractivity contribution is 7.88. The second kappa shape index (κ2) is 6.22. The molecule has 1 heterocycles. The van der Waals surface area contributed by atoms with Gasteiger partial charge in [-0.3, -0.25) is 0 Å². The SMILES string of the molecule is CN(Cc1ncc(C(C)(C)C)o1)S(=O)(=O)Cc1ccccc1. The van der Waals surface area contributed by atoms with Gasteiger partial charge in [-0.2, -0.15) is 4.31 Å². The third-order valence-electron chi connectivity index (χ3n) is 3.32. The van der Waals surface area contributed by atoms with Gasteiger partial charge in [0.1, 0.15) is 5.76 Å². The number of benzene rings is 1. The van der Waals surface area contributed by atoms with Crippen LogP contribution in [0.2, 0.25) is 0 Å². The first kappa shape index (κ1) is 16.7. The molecule has 0 bridgehead atoms. The number of aromatic nitrogens is 1. The van der Waals surface area contributed by atoms with Gasteiger partial charge in [0.25, 0.3) is 0 Å². The molecule has 0 aliphatic heterocycles. The van der Waals surface area contributed by atoms with E-state index < -0.39 is 10.0 Å². The predicted octanol–water partition coefficient (Wildman–Crippen LogP) is 2.93. The summed E-state index contributed by atoms with van der Waals surface area (Å²) in [4.78, 5) is 4.17. The summed E-state index contributed by atoms with van der Waals surface area (Å²) in [5, 5.41) is 0. The number of hydrogen-bond acceptors (Lipinski definition) is 4. The molecule has 1 aromatic carbocycles. The minimum absolute atomic E-state index is 0.0306. The molecule has 0 saturated carbocycles. The van der Waals surface area contributed by atoms with Gasteiger partial charge in [0.15, 0.2) is 0 Å². The minimum atomic E-state index is -3.40. The fourth-order valence-electron chi connectivity index (χ4n) is 1.91. The zero-order valence-corrected chi connectivity index (χ0v) is 14.2. The Labute approximate surface area is 132 Å². The van der Waals surface area contributed by atoms with E-state index in [1.165, 1.54) is 4.31 Å². The lowest BCUT2D eigenvalue weighted by Crippen LogP contribution is -2.27. The van der Waals surface area contributed by atoms with E-state index in [2.05, 4.69) is 4.98 Å². The first-order valence-electron chi connectivity index (χ1n) is 7.11. The summed E-state index contributed by atoms with van der Waals surface area (Å²) in [6.07, 6.45) is 1.66. The maximum absolute atomic E-state index is 12.4. The van der Waals surface area contributed by atoms with Crippen molar-refractivity contribution in [2.24, 2.45) is 0 Å². The van der Waals surface area contributed by atoms with Crippen LogP contribution in [0, 0.1) is 0 Å². The highest BCUT2D eigenvalue weighted by Gasteiger charge is 2.23. The Morgan fingerprint density at radius 3 is 2.36 bits per heavy atom. The van der Waals surface area contributed by atoms with E-state index in [-0.39, 0.29) is 17.7 Å². The number of sulfonamides is 1. The highest BCUT2D eigenvalue weighted by Crippen LogP contribution is 2.23. The van der Waals surface area contributed by atoms with Gasteiger partial charge in [-0.25, -0.2) is 13.4 Å². The van der Waals surface area contributed by atoms with Crippen LogP contribution >= 0.6 is 0 Å². The van der Waals surface area contributed by atoms with Gasteiger partial charge in [-0.15, -0.1) is 0 Å². The van der Waals surface area contributed by atoms with Crippen molar-refractivity contribution >= 4 is 10.0 Å². The Balaban J connectivity index is 2.08. The quantitative estimate of drug-likeness (QED) is 0.849. The van der Waals surface area contributed by atoms with E-state index in [0.29, 0.717) is 5.89 Å². The van der Waals surface area contributed by atoms with E-state index >= 15 is 0 Å². The van der Waals surface area contributed by atoms with Crippen molar-refractivity contribution in [2.75, 3.05) is 7.05 Å². The average molecular weight is 322 g/mol. The zero-order chi connectivity index (χ0) is 16.4. The van der Waals surface area contributed by atoms with Crippen LogP contribution < -0.4 is 0 Å². The molecule has 0 unspecified atom stereocenters. The van der Waals surface area contributed by atoms with Gasteiger partial charge in [0.05, 0.1) is 18.5 Å². The molecule has 5 nitrogen and oxygen atoms in total. The molecule has 1 aromatic heterocycles. The number of oxazole rings is 1. The lowest BCUT2D eigenvalue weighted by atomic mass is 9.94. The van der Waals surface area contributed by atoms with Crippen LogP contribution in [0.5, 0.6) is 0 Å². The molecule has 0 atom stereocenters. The van der Waals surface area contributed by atoms with Gasteiger partial charge in [-0.1, -0.05) is 51.1 Å². The molecule has 120 valence electrons. The van der Waals surface area contributed by atoms with Crippen LogP contribution in [0.4, 0.5) is 0 Å². The lowest BCUT2D eigenvalue weighted by Gasteiger charge is -2.16. The first-order valence-corrected chi connectivity index (χ1v) is 8.72. The molecular formula is C16H22N2O3S. The predicted molar refractivity (Wildman–Crippen MR) is 85.7 cm³/mol. The second-order valence-electron chi connectivity index (χ2n) is 6.37. The van der Waals surface area contributed by atoms with Gasteiger partial charge < -0.3 is 4.42 Å². The molecular weight excluding hydrogens is 300 g/mol. The van der Waals surface area contributed by atoms with Crippen molar-refractivity contribution in [1.29, 1.82) is 0 Å². The van der Waals surface area contributed by atoms with Crippen molar-refractivity contribution in [3.05, 3.63) is 53.7 Å². The van der Waals surface area contributed by atoms with Crippen molar-refractivity contribution in [3.63, 3.8) is 0 Å². The van der Waals surface area contributed by atoms with Crippen LogP contribution in [0.25, 0.3) is 0 Å². The number of nitrogens with zero attached hydrogens (tertiary/aromatic N) is 2. The van der Waals surface area contributed by atoms with E-state index in [1.54, 1.807) is 25.4 Å². The largest absolute Gasteiger partial charge is 0.444 e. The van der Waals surface area contributed by atoms with Crippen molar-refractivity contribution in [2.45, 2.75) is 38.5 Å². The lowest BCUT2D eigenvalue weighted by molar-refractivity contribution is 0.347. The molecule has 0 N–H and O–H groups in total. The molecule has 2 aromatic rings. The Hall–Kier alpha value is -1.66. The fourth-order valence-corrected chi connectivity index (χ4v) is 3.06. The smallest absolute Gasteiger partial charge is 0.218 e. The van der Waals surface area contributed by atoms with Gasteiger partial charge >= 0.3 is 0 Å². The number of rotatable bonds is 5. The molecule has 0 aliphatic carbocycles. The maximum Gasteiger partial charge on any atom is 0.218 e. The topological polar surface area (TPSA) is 63.4 Å². The third-order valence-corrected chi connectivity index (χ3v) is 5.09. The zero-order valence-electron chi connectivity index (χ0n) is 13.4. The van der Waals surface area contributed by atoms with Crippen LogP contribution in [-0.4, -0.2) is 24.8 Å². The number of hydrogen-bond donors (Lipinski definition) is 0. The van der Waals surface area contributed by atoms with Crippen LogP contribution in [-0.2, 0) is 27.7 Å². The van der Waals surface area contributed by atoms with Crippen LogP contribution in [0.3, 0.4) is 0 Å². The molecule has 0 saturated heterocycles. The van der Waals surface area contributed by atoms with Crippen molar-refractivity contribution in [3.8, 4) is 0 Å². The molecule has 22 heavy (non-hydrogen) atoms. The molecule has 0 fully saturated rings. The Bertz CT molecular complexity index is 715. The molecule has 2 rings (SSSR count). The normalized spacial score (nSPS) is 12.8. The standard InChI is InChI=1S/C16H22N2O3S/c1-16(2,3)14-10-17-15(21-14)11-18(4)22(19,20)12-13-8-6-5-7-9-13/h5-10H,11-12H2,1-4H3. The van der Waals surface area contributed by atoms with Crippen molar-refractivity contribution < 1.29 is 12.8 Å². The summed E-state index contributed by atoms with van der Waals surface area (Å²) in [7, 11) is -1.86. The summed E-state index contributed by atoms with van der Waals surface area (Å²) < 4.78 is 31.7. The Morgan fingerprint density at radius 2 is 1.82 bits per heavy atom. The average Bonchev–Trinajstić information content (AvgIpc) is 2.88. The third kappa shape index (κ3) is 4.18. The van der Waals surface area contributed by atoms with Crippen molar-refractivity contribution in [1.82, 2.24) is 9.29 Å². The molecule has 6 heteroatoms. The van der Waals surface area contributed by atoms with E-state index in [0.717, 1.165) is 11.3 Å². The highest BCUT2D eigenvalue weighted by atomic mass is 32.2. The fraction of sp³-hybridized carbons (Fsp3) is 0.438. The van der Waals surface area contributed by atoms with Gasteiger partial charge in [0, 0.05) is 12.5 Å². The summed E-state index contributed by atoms with van der Waals surface area (Å²) in [6.45, 7) is 6.19. The molecule has 0 spiro atoms. The molecule has 0 radical (unpaired) electrons. The second-order valence-corrected chi connectivity index (χ2v) is 8.44. The van der Waals surface area contributed by atoms with Gasteiger partial charge in [-0.05, 0) is 5.56 Å². The van der Waals surface area contributed by atoms with Crippen LogP contribution in [0.15, 0.2) is 40.9 Å². The monoisotopic (exact) mass is 322 g/mol. The maximum atomic E-state index is 12.4. The Morgan fingerprint density at radius 1 is 1.18 bits per heavy atom. The molecule has 0 amide bonds. The van der Waals surface area contributed by atoms with E-state index in [9.17, 15) is 8.42 Å². The van der Waals surface area contributed by atoms with Gasteiger partial charge in [0.2, 0.25) is 15.9 Å². The summed E-state index contributed by atoms with van der Waals surface area (Å²) >= 11 is 0. The summed E-state index contributed by atoms with van der Waals surface area (Å²) in [5.41, 5.74) is 0.615. The first-order chi connectivity index (χ1) is 10.2. The summed E-state index contributed by atoms with van der Waals surface area (Å²) in [5.74, 6) is 1.12. The molecule has 0 aliphatic rings. The van der Waals surface area contributed by atoms with Crippen LogP contribution in [0.1, 0.15) is 38.0 Å².